The van der Waals surface area contributed by atoms with Crippen molar-refractivity contribution in [2.24, 2.45) is 5.41 Å². The number of nitrogens with one attached hydrogen (secondary N) is 1. The number of nitrogens with zero attached hydrogens (tertiary/aromatic N) is 1. The minimum absolute atomic E-state index is 0.0130. The molecule has 0 aliphatic carbocycles. The van der Waals surface area contributed by atoms with Gasteiger partial charge in [0.15, 0.2) is 0 Å². The monoisotopic (exact) mass is 478 g/mol. The standard InChI is InChI=1S/C24H25F3N2O5/c1-23(8-10-33-11-9-23)22(31)29-13-17-3-2-16(21(30)28-32)12-20(17)34-14-19(29)15-4-6-18(7-5-15)24(25,26)27/h2-7,12,19,32H,8-11,13-14H2,1H3,(H,28,30)/t19-/m1/s1. The van der Waals surface area contributed by atoms with Crippen LogP contribution in [0.25, 0.3) is 0 Å². The zero-order valence-corrected chi connectivity index (χ0v) is 18.5. The number of benzene rings is 2. The molecular formula is C24H25F3N2O5. The van der Waals surface area contributed by atoms with Crippen molar-refractivity contribution in [1.29, 1.82) is 0 Å². The Morgan fingerprint density at radius 3 is 2.41 bits per heavy atom. The van der Waals surface area contributed by atoms with Gasteiger partial charge in [0.2, 0.25) is 5.91 Å². The molecule has 2 aliphatic rings. The third kappa shape index (κ3) is 4.74. The lowest BCUT2D eigenvalue weighted by molar-refractivity contribution is -0.150. The van der Waals surface area contributed by atoms with Gasteiger partial charge in [-0.2, -0.15) is 13.2 Å². The van der Waals surface area contributed by atoms with Crippen LogP contribution in [-0.4, -0.2) is 41.7 Å². The van der Waals surface area contributed by atoms with Crippen LogP contribution in [0.1, 0.15) is 52.9 Å². The van der Waals surface area contributed by atoms with E-state index < -0.39 is 29.1 Å². The van der Waals surface area contributed by atoms with Gasteiger partial charge in [-0.15, -0.1) is 0 Å². The van der Waals surface area contributed by atoms with Gasteiger partial charge in [-0.05, 0) is 42.7 Å². The molecule has 0 aromatic heterocycles. The van der Waals surface area contributed by atoms with E-state index in [0.717, 1.165) is 12.1 Å². The zero-order chi connectivity index (χ0) is 24.5. The van der Waals surface area contributed by atoms with Crippen LogP contribution in [0, 0.1) is 5.41 Å². The number of hydrogen-bond donors (Lipinski definition) is 2. The van der Waals surface area contributed by atoms with Crippen molar-refractivity contribution < 1.29 is 37.4 Å². The van der Waals surface area contributed by atoms with Gasteiger partial charge in [0.25, 0.3) is 5.91 Å². The minimum Gasteiger partial charge on any atom is -0.491 e. The van der Waals surface area contributed by atoms with Crippen molar-refractivity contribution in [3.8, 4) is 5.75 Å². The van der Waals surface area contributed by atoms with E-state index in [-0.39, 0.29) is 24.6 Å². The van der Waals surface area contributed by atoms with Crippen molar-refractivity contribution in [2.75, 3.05) is 19.8 Å². The van der Waals surface area contributed by atoms with Gasteiger partial charge in [0, 0.05) is 24.3 Å². The highest BCUT2D eigenvalue weighted by Crippen LogP contribution is 2.39. The van der Waals surface area contributed by atoms with Crippen molar-refractivity contribution >= 4 is 11.8 Å². The fraction of sp³-hybridized carbons (Fsp3) is 0.417. The normalized spacial score (nSPS) is 20.0. The van der Waals surface area contributed by atoms with E-state index in [1.807, 2.05) is 6.92 Å². The molecule has 0 bridgehead atoms. The molecule has 34 heavy (non-hydrogen) atoms. The van der Waals surface area contributed by atoms with Crippen LogP contribution >= 0.6 is 0 Å². The van der Waals surface area contributed by atoms with E-state index in [0.29, 0.717) is 42.9 Å². The Hall–Kier alpha value is -3.11. The lowest BCUT2D eigenvalue weighted by Gasteiger charge is -2.39. The largest absolute Gasteiger partial charge is 0.491 e. The summed E-state index contributed by atoms with van der Waals surface area (Å²) in [6.45, 7) is 2.92. The lowest BCUT2D eigenvalue weighted by Crippen LogP contribution is -2.47. The maximum atomic E-state index is 13.8. The predicted molar refractivity (Wildman–Crippen MR) is 114 cm³/mol. The highest BCUT2D eigenvalue weighted by Gasteiger charge is 2.42. The Bertz CT molecular complexity index is 1070. The van der Waals surface area contributed by atoms with Gasteiger partial charge in [-0.3, -0.25) is 14.8 Å². The van der Waals surface area contributed by atoms with Gasteiger partial charge < -0.3 is 14.4 Å². The van der Waals surface area contributed by atoms with Crippen LogP contribution in [0.5, 0.6) is 5.75 Å². The molecule has 4 rings (SSSR count). The summed E-state index contributed by atoms with van der Waals surface area (Å²) in [6.07, 6.45) is -3.40. The van der Waals surface area contributed by atoms with Gasteiger partial charge >= 0.3 is 6.18 Å². The van der Waals surface area contributed by atoms with Crippen molar-refractivity contribution in [3.63, 3.8) is 0 Å². The molecule has 2 aromatic carbocycles. The Morgan fingerprint density at radius 2 is 1.79 bits per heavy atom. The number of hydroxylamine groups is 1. The Labute approximate surface area is 194 Å². The van der Waals surface area contributed by atoms with Crippen LogP contribution in [0.15, 0.2) is 42.5 Å². The first-order valence-corrected chi connectivity index (χ1v) is 10.9. The second kappa shape index (κ2) is 9.27. The lowest BCUT2D eigenvalue weighted by atomic mass is 9.80. The average molecular weight is 478 g/mol. The predicted octanol–water partition coefficient (Wildman–Crippen LogP) is 4.10. The second-order valence-corrected chi connectivity index (χ2v) is 8.82. The number of amides is 2. The Kier molecular flexibility index (Phi) is 6.55. The molecule has 0 radical (unpaired) electrons. The number of alkyl halides is 3. The topological polar surface area (TPSA) is 88.1 Å². The van der Waals surface area contributed by atoms with E-state index in [1.54, 1.807) is 16.4 Å². The molecule has 10 heteroatoms. The number of carbonyl (C=O) groups is 2. The van der Waals surface area contributed by atoms with E-state index in [2.05, 4.69) is 0 Å². The molecule has 2 N–H and O–H groups in total. The summed E-state index contributed by atoms with van der Waals surface area (Å²) in [4.78, 5) is 27.3. The van der Waals surface area contributed by atoms with Gasteiger partial charge in [-0.1, -0.05) is 25.1 Å². The molecule has 2 amide bonds. The first-order chi connectivity index (χ1) is 16.1. The number of ether oxygens (including phenoxy) is 2. The maximum Gasteiger partial charge on any atom is 0.416 e. The fourth-order valence-electron chi connectivity index (χ4n) is 4.34. The molecule has 0 saturated carbocycles. The van der Waals surface area contributed by atoms with Crippen molar-refractivity contribution in [2.45, 2.75) is 38.5 Å². The first-order valence-electron chi connectivity index (χ1n) is 10.9. The van der Waals surface area contributed by atoms with Crippen molar-refractivity contribution in [3.05, 3.63) is 64.7 Å². The summed E-state index contributed by atoms with van der Waals surface area (Å²) in [5, 5.41) is 8.92. The first kappa shape index (κ1) is 24.0. The molecule has 1 fully saturated rings. The Morgan fingerprint density at radius 1 is 1.12 bits per heavy atom. The molecule has 182 valence electrons. The number of carbonyl (C=O) groups excluding carboxylic acids is 2. The molecule has 2 heterocycles. The second-order valence-electron chi connectivity index (χ2n) is 8.82. The summed E-state index contributed by atoms with van der Waals surface area (Å²) in [5.74, 6) is -0.475. The summed E-state index contributed by atoms with van der Waals surface area (Å²) in [6, 6.07) is 8.69. The smallest absolute Gasteiger partial charge is 0.416 e. The van der Waals surface area contributed by atoms with Gasteiger partial charge in [-0.25, -0.2) is 5.48 Å². The highest BCUT2D eigenvalue weighted by molar-refractivity contribution is 5.94. The molecule has 1 atom stereocenters. The third-order valence-corrected chi connectivity index (χ3v) is 6.54. The zero-order valence-electron chi connectivity index (χ0n) is 18.5. The molecule has 0 unspecified atom stereocenters. The fourth-order valence-corrected chi connectivity index (χ4v) is 4.34. The van der Waals surface area contributed by atoms with E-state index in [4.69, 9.17) is 14.7 Å². The van der Waals surface area contributed by atoms with Gasteiger partial charge in [0.1, 0.15) is 12.4 Å². The molecule has 2 aliphatic heterocycles. The summed E-state index contributed by atoms with van der Waals surface area (Å²) >= 11 is 0. The van der Waals surface area contributed by atoms with Crippen LogP contribution in [0.4, 0.5) is 13.2 Å². The van der Waals surface area contributed by atoms with Crippen LogP contribution in [0.2, 0.25) is 0 Å². The van der Waals surface area contributed by atoms with Crippen LogP contribution in [0.3, 0.4) is 0 Å². The maximum absolute atomic E-state index is 13.8. The summed E-state index contributed by atoms with van der Waals surface area (Å²) < 4.78 is 50.6. The number of fused-ring (bicyclic) bond motifs is 1. The van der Waals surface area contributed by atoms with E-state index >= 15 is 0 Å². The number of hydrogen-bond acceptors (Lipinski definition) is 5. The molecule has 1 saturated heterocycles. The van der Waals surface area contributed by atoms with E-state index in [1.165, 1.54) is 24.3 Å². The molecule has 0 spiro atoms. The minimum atomic E-state index is -4.47. The number of rotatable bonds is 3. The Balaban J connectivity index is 1.72. The van der Waals surface area contributed by atoms with E-state index in [9.17, 15) is 22.8 Å². The molecular weight excluding hydrogens is 453 g/mol. The van der Waals surface area contributed by atoms with Gasteiger partial charge in [0.05, 0.1) is 23.6 Å². The summed E-state index contributed by atoms with van der Waals surface area (Å²) in [7, 11) is 0. The van der Waals surface area contributed by atoms with Crippen LogP contribution in [-0.2, 0) is 22.3 Å². The SMILES string of the molecule is CC1(C(=O)N2Cc3ccc(C(=O)NO)cc3OC[C@@H]2c2ccc(C(F)(F)F)cc2)CCOCC1. The number of halogens is 3. The average Bonchev–Trinajstić information content (AvgIpc) is 3.02. The molecule has 7 nitrogen and oxygen atoms in total. The highest BCUT2D eigenvalue weighted by atomic mass is 19.4. The summed E-state index contributed by atoms with van der Waals surface area (Å²) in [5.41, 5.74) is 1.44. The molecule has 2 aromatic rings. The third-order valence-electron chi connectivity index (χ3n) is 6.54. The van der Waals surface area contributed by atoms with Crippen LogP contribution < -0.4 is 10.2 Å². The quantitative estimate of drug-likeness (QED) is 0.512. The van der Waals surface area contributed by atoms with Crippen molar-refractivity contribution in [1.82, 2.24) is 10.4 Å².